The predicted molar refractivity (Wildman–Crippen MR) is 112 cm³/mol. The molecule has 0 fully saturated rings. The highest BCUT2D eigenvalue weighted by Gasteiger charge is 2.07. The molecule has 8 heteroatoms. The second-order valence-corrected chi connectivity index (χ2v) is 9.41. The van der Waals surface area contributed by atoms with Gasteiger partial charge < -0.3 is 15.4 Å². The van der Waals surface area contributed by atoms with Crippen LogP contribution in [0.4, 0.5) is 0 Å². The summed E-state index contributed by atoms with van der Waals surface area (Å²) >= 11 is 1.78. The minimum atomic E-state index is -3.18. The van der Waals surface area contributed by atoms with E-state index >= 15 is 0 Å². The van der Waals surface area contributed by atoms with Crippen LogP contribution < -0.4 is 15.4 Å². The van der Waals surface area contributed by atoms with Crippen molar-refractivity contribution in [3.8, 4) is 5.75 Å². The van der Waals surface area contributed by atoms with Gasteiger partial charge >= 0.3 is 0 Å². The van der Waals surface area contributed by atoms with Crippen molar-refractivity contribution in [2.45, 2.75) is 18.2 Å². The zero-order valence-corrected chi connectivity index (χ0v) is 17.6. The maximum absolute atomic E-state index is 11.4. The van der Waals surface area contributed by atoms with Crippen molar-refractivity contribution < 1.29 is 13.2 Å². The van der Waals surface area contributed by atoms with Crippen LogP contribution in [0.5, 0.6) is 5.75 Å². The lowest BCUT2D eigenvalue weighted by Crippen LogP contribution is -2.41. The van der Waals surface area contributed by atoms with Gasteiger partial charge in [0.15, 0.2) is 15.8 Å². The van der Waals surface area contributed by atoms with Crippen molar-refractivity contribution in [1.82, 2.24) is 10.6 Å². The SMILES string of the molecule is CN=C(NCCOc1ccc(S(C)(=O)=O)cc1)NCC(C)Cc1cccs1. The smallest absolute Gasteiger partial charge is 0.191 e. The Morgan fingerprint density at radius 3 is 2.56 bits per heavy atom. The number of ether oxygens (including phenoxy) is 1. The third-order valence-electron chi connectivity index (χ3n) is 3.89. The van der Waals surface area contributed by atoms with Gasteiger partial charge in [0.2, 0.25) is 0 Å². The molecule has 27 heavy (non-hydrogen) atoms. The molecule has 0 saturated carbocycles. The van der Waals surface area contributed by atoms with Crippen LogP contribution in [0, 0.1) is 5.92 Å². The molecule has 6 nitrogen and oxygen atoms in total. The molecule has 148 valence electrons. The molecular formula is C19H27N3O3S2. The molecule has 1 heterocycles. The van der Waals surface area contributed by atoms with Crippen LogP contribution in [0.25, 0.3) is 0 Å². The maximum atomic E-state index is 11.4. The molecule has 1 aromatic carbocycles. The van der Waals surface area contributed by atoms with E-state index in [0.717, 1.165) is 18.9 Å². The monoisotopic (exact) mass is 409 g/mol. The summed E-state index contributed by atoms with van der Waals surface area (Å²) in [7, 11) is -1.44. The second-order valence-electron chi connectivity index (χ2n) is 6.36. The molecule has 1 aromatic heterocycles. The van der Waals surface area contributed by atoms with Gasteiger partial charge in [0.05, 0.1) is 11.4 Å². The lowest BCUT2D eigenvalue weighted by molar-refractivity contribution is 0.321. The fourth-order valence-electron chi connectivity index (χ4n) is 2.46. The molecule has 2 N–H and O–H groups in total. The number of hydrogen-bond donors (Lipinski definition) is 2. The highest BCUT2D eigenvalue weighted by atomic mass is 32.2. The van der Waals surface area contributed by atoms with Gasteiger partial charge in [0, 0.05) is 24.7 Å². The first kappa shape index (κ1) is 21.2. The minimum Gasteiger partial charge on any atom is -0.492 e. The van der Waals surface area contributed by atoms with Gasteiger partial charge in [-0.25, -0.2) is 8.42 Å². The average molecular weight is 410 g/mol. The molecule has 1 atom stereocenters. The number of nitrogens with zero attached hydrogens (tertiary/aromatic N) is 1. The standard InChI is InChI=1S/C19H27N3O3S2/c1-15(13-17-5-4-12-26-17)14-22-19(20-2)21-10-11-25-16-6-8-18(9-7-16)27(3,23)24/h4-9,12,15H,10-11,13-14H2,1-3H3,(H2,20,21,22). The van der Waals surface area contributed by atoms with Crippen LogP contribution in [0.15, 0.2) is 51.7 Å². The number of nitrogens with one attached hydrogen (secondary N) is 2. The first-order chi connectivity index (χ1) is 12.9. The van der Waals surface area contributed by atoms with Gasteiger partial charge in [0.1, 0.15) is 12.4 Å². The van der Waals surface area contributed by atoms with Crippen LogP contribution in [0.1, 0.15) is 11.8 Å². The van der Waals surface area contributed by atoms with Crippen LogP contribution in [0.3, 0.4) is 0 Å². The Bertz CT molecular complexity index is 816. The number of guanidine groups is 1. The number of benzene rings is 1. The van der Waals surface area contributed by atoms with Crippen molar-refractivity contribution in [3.05, 3.63) is 46.7 Å². The summed E-state index contributed by atoms with van der Waals surface area (Å²) in [4.78, 5) is 5.89. The Balaban J connectivity index is 1.67. The molecule has 0 amide bonds. The summed E-state index contributed by atoms with van der Waals surface area (Å²) in [5.41, 5.74) is 0. The van der Waals surface area contributed by atoms with Crippen LogP contribution >= 0.6 is 11.3 Å². The van der Waals surface area contributed by atoms with E-state index < -0.39 is 9.84 Å². The van der Waals surface area contributed by atoms with Gasteiger partial charge in [-0.05, 0) is 48.1 Å². The van der Waals surface area contributed by atoms with E-state index in [1.807, 2.05) is 0 Å². The molecule has 0 aliphatic rings. The number of sulfone groups is 1. The molecule has 0 aliphatic carbocycles. The Kier molecular flexibility index (Phi) is 8.12. The topological polar surface area (TPSA) is 79.8 Å². The van der Waals surface area contributed by atoms with Crippen LogP contribution in [-0.4, -0.2) is 47.4 Å². The van der Waals surface area contributed by atoms with Gasteiger partial charge in [-0.1, -0.05) is 13.0 Å². The Labute approximate surface area is 165 Å². The van der Waals surface area contributed by atoms with Crippen molar-refractivity contribution >= 4 is 27.1 Å². The zero-order valence-electron chi connectivity index (χ0n) is 15.9. The predicted octanol–water partition coefficient (Wildman–Crippen LogP) is 2.57. The largest absolute Gasteiger partial charge is 0.492 e. The maximum Gasteiger partial charge on any atom is 0.191 e. The summed E-state index contributed by atoms with van der Waals surface area (Å²) in [6, 6.07) is 10.7. The Hall–Kier alpha value is -2.06. The van der Waals surface area contributed by atoms with E-state index in [1.165, 1.54) is 11.1 Å². The third-order valence-corrected chi connectivity index (χ3v) is 5.91. The molecule has 2 aromatic rings. The minimum absolute atomic E-state index is 0.286. The van der Waals surface area contributed by atoms with Gasteiger partial charge in [-0.3, -0.25) is 4.99 Å². The number of rotatable bonds is 9. The molecule has 0 aliphatic heterocycles. The molecule has 0 bridgehead atoms. The number of thiophene rings is 1. The molecule has 2 rings (SSSR count). The third kappa shape index (κ3) is 7.60. The van der Waals surface area contributed by atoms with Gasteiger partial charge in [-0.15, -0.1) is 11.3 Å². The lowest BCUT2D eigenvalue weighted by atomic mass is 10.1. The van der Waals surface area contributed by atoms with E-state index in [4.69, 9.17) is 4.74 Å². The average Bonchev–Trinajstić information content (AvgIpc) is 3.13. The molecular weight excluding hydrogens is 382 g/mol. The lowest BCUT2D eigenvalue weighted by Gasteiger charge is -2.16. The normalized spacial score (nSPS) is 13.2. The Morgan fingerprint density at radius 2 is 1.96 bits per heavy atom. The molecule has 0 radical (unpaired) electrons. The summed E-state index contributed by atoms with van der Waals surface area (Å²) < 4.78 is 28.5. The van der Waals surface area contributed by atoms with E-state index in [9.17, 15) is 8.42 Å². The Morgan fingerprint density at radius 1 is 1.22 bits per heavy atom. The summed E-state index contributed by atoms with van der Waals surface area (Å²) in [6.07, 6.45) is 2.24. The first-order valence-corrected chi connectivity index (χ1v) is 11.6. The van der Waals surface area contributed by atoms with E-state index in [-0.39, 0.29) is 4.90 Å². The van der Waals surface area contributed by atoms with Crippen molar-refractivity contribution in [2.24, 2.45) is 10.9 Å². The fraction of sp³-hybridized carbons (Fsp3) is 0.421. The van der Waals surface area contributed by atoms with E-state index in [1.54, 1.807) is 42.6 Å². The zero-order chi connectivity index (χ0) is 19.7. The van der Waals surface area contributed by atoms with Crippen molar-refractivity contribution in [3.63, 3.8) is 0 Å². The van der Waals surface area contributed by atoms with Gasteiger partial charge in [0.25, 0.3) is 0 Å². The second kappa shape index (κ2) is 10.3. The molecule has 1 unspecified atom stereocenters. The van der Waals surface area contributed by atoms with Crippen LogP contribution in [-0.2, 0) is 16.3 Å². The van der Waals surface area contributed by atoms with Crippen molar-refractivity contribution in [1.29, 1.82) is 0 Å². The number of aliphatic imine (C=N–C) groups is 1. The van der Waals surface area contributed by atoms with E-state index in [0.29, 0.717) is 24.8 Å². The molecule has 0 saturated heterocycles. The summed E-state index contributed by atoms with van der Waals surface area (Å²) in [5, 5.41) is 8.64. The fourth-order valence-corrected chi connectivity index (χ4v) is 3.96. The summed E-state index contributed by atoms with van der Waals surface area (Å²) in [6.45, 7) is 4.09. The summed E-state index contributed by atoms with van der Waals surface area (Å²) in [5.74, 6) is 1.88. The first-order valence-electron chi connectivity index (χ1n) is 8.78. The number of hydrogen-bond acceptors (Lipinski definition) is 5. The quantitative estimate of drug-likeness (QED) is 0.378. The van der Waals surface area contributed by atoms with Crippen LogP contribution in [0.2, 0.25) is 0 Å². The highest BCUT2D eigenvalue weighted by Crippen LogP contribution is 2.15. The van der Waals surface area contributed by atoms with Gasteiger partial charge in [-0.2, -0.15) is 0 Å². The highest BCUT2D eigenvalue weighted by molar-refractivity contribution is 7.90. The molecule has 0 spiro atoms. The van der Waals surface area contributed by atoms with Crippen molar-refractivity contribution in [2.75, 3.05) is 33.0 Å². The van der Waals surface area contributed by atoms with E-state index in [2.05, 4.69) is 40.1 Å².